The number of nitrogens with one attached hydrogen (secondary N) is 1. The molecule has 9 nitrogen and oxygen atoms in total. The molecule has 2 atom stereocenters. The Hall–Kier alpha value is -3.46. The molecule has 0 spiro atoms. The third-order valence-electron chi connectivity index (χ3n) is 5.34. The number of hydrogen-bond donors (Lipinski definition) is 1. The second-order valence-corrected chi connectivity index (χ2v) is 9.37. The molecular weight excluding hydrogens is 464 g/mol. The van der Waals surface area contributed by atoms with E-state index in [2.05, 4.69) is 5.32 Å². The smallest absolute Gasteiger partial charge is 0.408 e. The number of alkyl carbamates (subject to hydrolysis) is 1. The van der Waals surface area contributed by atoms with E-state index in [-0.39, 0.29) is 29.1 Å². The van der Waals surface area contributed by atoms with Crippen LogP contribution in [0.1, 0.15) is 56.0 Å². The monoisotopic (exact) mass is 488 g/mol. The highest BCUT2D eigenvalue weighted by atomic mass is 35.5. The largest absolute Gasteiger partial charge is 0.451 e. The zero-order valence-corrected chi connectivity index (χ0v) is 19.8. The van der Waals surface area contributed by atoms with Crippen LogP contribution in [0.25, 0.3) is 0 Å². The van der Waals surface area contributed by atoms with Crippen molar-refractivity contribution in [3.05, 3.63) is 74.8 Å². The second-order valence-electron chi connectivity index (χ2n) is 8.97. The molecule has 2 unspecified atom stereocenters. The van der Waals surface area contributed by atoms with Gasteiger partial charge in [-0.05, 0) is 58.2 Å². The Morgan fingerprint density at radius 1 is 1.15 bits per heavy atom. The van der Waals surface area contributed by atoms with Gasteiger partial charge in [0.1, 0.15) is 11.1 Å². The van der Waals surface area contributed by atoms with Crippen LogP contribution in [0, 0.1) is 10.1 Å². The molecule has 1 N–H and O–H groups in total. The number of halogens is 1. The molecule has 1 amide bonds. The fourth-order valence-electron chi connectivity index (χ4n) is 3.85. The Morgan fingerprint density at radius 2 is 1.79 bits per heavy atom. The molecule has 10 heteroatoms. The Bertz CT molecular complexity index is 1110. The van der Waals surface area contributed by atoms with Crippen molar-refractivity contribution < 1.29 is 28.8 Å². The number of Topliss-reactive ketones (excluding diaryl/α,β-unsaturated/α-hetero) is 1. The number of nitro groups is 1. The van der Waals surface area contributed by atoms with Gasteiger partial charge >= 0.3 is 12.1 Å². The molecule has 2 aromatic carbocycles. The van der Waals surface area contributed by atoms with Crippen LogP contribution in [-0.4, -0.2) is 34.5 Å². The van der Waals surface area contributed by atoms with Gasteiger partial charge in [0.05, 0.1) is 10.5 Å². The summed E-state index contributed by atoms with van der Waals surface area (Å²) in [5.41, 5.74) is -2.09. The molecule has 34 heavy (non-hydrogen) atoms. The maximum absolute atomic E-state index is 13.7. The number of carbonyl (C=O) groups is 3. The number of non-ortho nitro benzene ring substituents is 1. The Balaban J connectivity index is 1.90. The highest BCUT2D eigenvalue weighted by Gasteiger charge is 2.50. The van der Waals surface area contributed by atoms with Crippen molar-refractivity contribution in [1.82, 2.24) is 5.32 Å². The number of benzene rings is 2. The first-order chi connectivity index (χ1) is 15.9. The van der Waals surface area contributed by atoms with Gasteiger partial charge in [-0.15, -0.1) is 0 Å². The molecule has 0 aromatic heterocycles. The fourth-order valence-corrected chi connectivity index (χ4v) is 4.15. The standard InChI is InChI=1S/C24H25ClN2O7/c1-23(2,3)34-22(30)26-24(17-7-4-5-8-18(17)25)14-6-9-19(20(24)28)33-21(29)15-10-12-16(13-11-15)27(31)32/h4-5,7-8,10-13,19H,6,9,14H2,1-3H3,(H,26,30). The van der Waals surface area contributed by atoms with Crippen LogP contribution < -0.4 is 5.32 Å². The highest BCUT2D eigenvalue weighted by molar-refractivity contribution is 6.31. The number of carbonyl (C=O) groups excluding carboxylic acids is 3. The molecule has 0 heterocycles. The van der Waals surface area contributed by atoms with Crippen LogP contribution >= 0.6 is 11.6 Å². The lowest BCUT2D eigenvalue weighted by atomic mass is 9.74. The summed E-state index contributed by atoms with van der Waals surface area (Å²) < 4.78 is 10.9. The summed E-state index contributed by atoms with van der Waals surface area (Å²) >= 11 is 6.41. The predicted octanol–water partition coefficient (Wildman–Crippen LogP) is 4.95. The van der Waals surface area contributed by atoms with Crippen LogP contribution in [0.15, 0.2) is 48.5 Å². The summed E-state index contributed by atoms with van der Waals surface area (Å²) in [5, 5.41) is 13.8. The van der Waals surface area contributed by atoms with Crippen LogP contribution in [0.5, 0.6) is 0 Å². The van der Waals surface area contributed by atoms with E-state index in [9.17, 15) is 24.5 Å². The molecule has 1 fully saturated rings. The lowest BCUT2D eigenvalue weighted by Crippen LogP contribution is -2.58. The number of nitro benzene ring substituents is 1. The summed E-state index contributed by atoms with van der Waals surface area (Å²) in [4.78, 5) is 49.4. The van der Waals surface area contributed by atoms with Crippen LogP contribution in [-0.2, 0) is 19.8 Å². The normalized spacial score (nSPS) is 20.4. The zero-order chi connectivity index (χ0) is 25.1. The van der Waals surface area contributed by atoms with Gasteiger partial charge < -0.3 is 14.8 Å². The van der Waals surface area contributed by atoms with Gasteiger partial charge in [0, 0.05) is 22.7 Å². The average molecular weight is 489 g/mol. The maximum atomic E-state index is 13.7. The van der Waals surface area contributed by atoms with Gasteiger partial charge in [0.15, 0.2) is 6.10 Å². The van der Waals surface area contributed by atoms with E-state index in [1.54, 1.807) is 45.0 Å². The predicted molar refractivity (Wildman–Crippen MR) is 124 cm³/mol. The SMILES string of the molecule is CC(C)(C)OC(=O)NC1(c2ccccc2Cl)CCCC(OC(=O)c2ccc([N+](=O)[O-])cc2)C1=O. The maximum Gasteiger partial charge on any atom is 0.408 e. The van der Waals surface area contributed by atoms with Gasteiger partial charge in [-0.25, -0.2) is 9.59 Å². The van der Waals surface area contributed by atoms with Crippen molar-refractivity contribution in [3.8, 4) is 0 Å². The average Bonchev–Trinajstić information content (AvgIpc) is 2.75. The highest BCUT2D eigenvalue weighted by Crippen LogP contribution is 2.39. The van der Waals surface area contributed by atoms with Crippen molar-refractivity contribution in [2.45, 2.75) is 57.3 Å². The van der Waals surface area contributed by atoms with Crippen molar-refractivity contribution in [1.29, 1.82) is 0 Å². The van der Waals surface area contributed by atoms with Crippen LogP contribution in [0.3, 0.4) is 0 Å². The minimum atomic E-state index is -1.56. The van der Waals surface area contributed by atoms with Gasteiger partial charge in [0.2, 0.25) is 5.78 Å². The third kappa shape index (κ3) is 5.53. The van der Waals surface area contributed by atoms with E-state index in [1.165, 1.54) is 24.3 Å². The number of amides is 1. The first-order valence-electron chi connectivity index (χ1n) is 10.7. The number of nitrogens with zero attached hydrogens (tertiary/aromatic N) is 1. The minimum absolute atomic E-state index is 0.0624. The number of ketones is 1. The Kier molecular flexibility index (Phi) is 7.26. The summed E-state index contributed by atoms with van der Waals surface area (Å²) in [5.74, 6) is -1.34. The second kappa shape index (κ2) is 9.80. The van der Waals surface area contributed by atoms with Gasteiger partial charge in [0.25, 0.3) is 5.69 Å². The zero-order valence-electron chi connectivity index (χ0n) is 19.0. The first kappa shape index (κ1) is 25.2. The van der Waals surface area contributed by atoms with E-state index in [4.69, 9.17) is 21.1 Å². The molecule has 0 aliphatic heterocycles. The number of hydrogen-bond acceptors (Lipinski definition) is 7. The van der Waals surface area contributed by atoms with E-state index >= 15 is 0 Å². The minimum Gasteiger partial charge on any atom is -0.451 e. The molecular formula is C24H25ClN2O7. The molecule has 0 saturated heterocycles. The molecule has 2 aromatic rings. The summed E-state index contributed by atoms with van der Waals surface area (Å²) in [6, 6.07) is 11.5. The first-order valence-corrected chi connectivity index (χ1v) is 11.1. The van der Waals surface area contributed by atoms with Crippen molar-refractivity contribution in [2.75, 3.05) is 0 Å². The number of esters is 1. The molecule has 0 radical (unpaired) electrons. The van der Waals surface area contributed by atoms with Crippen LogP contribution in [0.2, 0.25) is 5.02 Å². The van der Waals surface area contributed by atoms with E-state index in [1.807, 2.05) is 0 Å². The number of rotatable bonds is 5. The van der Waals surface area contributed by atoms with Gasteiger partial charge in [-0.1, -0.05) is 29.8 Å². The summed E-state index contributed by atoms with van der Waals surface area (Å²) in [6.45, 7) is 5.10. The molecule has 1 aliphatic carbocycles. The molecule has 0 bridgehead atoms. The summed E-state index contributed by atoms with van der Waals surface area (Å²) in [6.07, 6.45) is -1.03. The van der Waals surface area contributed by atoms with E-state index in [0.717, 1.165) is 0 Å². The third-order valence-corrected chi connectivity index (χ3v) is 5.67. The van der Waals surface area contributed by atoms with E-state index < -0.39 is 40.0 Å². The van der Waals surface area contributed by atoms with Gasteiger partial charge in [-0.2, -0.15) is 0 Å². The van der Waals surface area contributed by atoms with Gasteiger partial charge in [-0.3, -0.25) is 14.9 Å². The Morgan fingerprint density at radius 3 is 2.38 bits per heavy atom. The fraction of sp³-hybridized carbons (Fsp3) is 0.375. The van der Waals surface area contributed by atoms with Crippen LogP contribution in [0.4, 0.5) is 10.5 Å². The molecule has 180 valence electrons. The molecule has 1 aliphatic rings. The van der Waals surface area contributed by atoms with Crippen molar-refractivity contribution in [2.24, 2.45) is 0 Å². The lowest BCUT2D eigenvalue weighted by Gasteiger charge is -2.40. The topological polar surface area (TPSA) is 125 Å². The van der Waals surface area contributed by atoms with E-state index in [0.29, 0.717) is 12.0 Å². The lowest BCUT2D eigenvalue weighted by molar-refractivity contribution is -0.384. The quantitative estimate of drug-likeness (QED) is 0.358. The number of ether oxygens (including phenoxy) is 2. The summed E-state index contributed by atoms with van der Waals surface area (Å²) in [7, 11) is 0. The molecule has 3 rings (SSSR count). The van der Waals surface area contributed by atoms with Crippen molar-refractivity contribution >= 4 is 35.1 Å². The molecule has 1 saturated carbocycles. The Labute approximate surface area is 201 Å². The van der Waals surface area contributed by atoms with Crippen molar-refractivity contribution in [3.63, 3.8) is 0 Å².